The number of methoxy groups -OCH3 is 2. The number of nitrogens with one attached hydrogen (secondary N) is 1. The minimum Gasteiger partial charge on any atom is -0.497 e. The Morgan fingerprint density at radius 3 is 2.21 bits per heavy atom. The van der Waals surface area contributed by atoms with E-state index in [0.717, 1.165) is 10.6 Å². The highest BCUT2D eigenvalue weighted by Crippen LogP contribution is 2.30. The molecule has 2 aromatic carbocycles. The lowest BCUT2D eigenvalue weighted by Crippen LogP contribution is -2.45. The molecular weight excluding hydrogens is 396 g/mol. The molecule has 0 spiro atoms. The van der Waals surface area contributed by atoms with E-state index in [1.807, 2.05) is 6.92 Å². The largest absolute Gasteiger partial charge is 0.497 e. The molecule has 29 heavy (non-hydrogen) atoms. The van der Waals surface area contributed by atoms with Crippen LogP contribution in [0.3, 0.4) is 0 Å². The Balaban J connectivity index is 2.32. The molecule has 2 aromatic rings. The van der Waals surface area contributed by atoms with E-state index >= 15 is 0 Å². The van der Waals surface area contributed by atoms with E-state index in [2.05, 4.69) is 5.32 Å². The van der Waals surface area contributed by atoms with Gasteiger partial charge < -0.3 is 19.5 Å². The zero-order valence-electron chi connectivity index (χ0n) is 17.1. The van der Waals surface area contributed by atoms with E-state index in [9.17, 15) is 13.2 Å². The minimum absolute atomic E-state index is 0.358. The first-order chi connectivity index (χ1) is 13.7. The zero-order valence-corrected chi connectivity index (χ0v) is 17.9. The number of anilines is 2. The number of carbonyl (C=O) groups is 1. The van der Waals surface area contributed by atoms with Crippen LogP contribution in [0.5, 0.6) is 17.2 Å². The van der Waals surface area contributed by atoms with Gasteiger partial charge in [0, 0.05) is 6.07 Å². The second-order valence-corrected chi connectivity index (χ2v) is 8.08. The third kappa shape index (κ3) is 5.54. The summed E-state index contributed by atoms with van der Waals surface area (Å²) in [5.74, 6) is 1.05. The Bertz CT molecular complexity index is 944. The summed E-state index contributed by atoms with van der Waals surface area (Å²) < 4.78 is 41.7. The molecule has 1 unspecified atom stereocenters. The van der Waals surface area contributed by atoms with E-state index in [4.69, 9.17) is 14.2 Å². The molecule has 0 saturated heterocycles. The first-order valence-corrected chi connectivity index (χ1v) is 10.8. The molecule has 9 heteroatoms. The summed E-state index contributed by atoms with van der Waals surface area (Å²) in [6, 6.07) is 10.5. The molecule has 158 valence electrons. The van der Waals surface area contributed by atoms with Crippen LogP contribution in [-0.2, 0) is 14.8 Å². The van der Waals surface area contributed by atoms with Crippen molar-refractivity contribution in [3.05, 3.63) is 42.5 Å². The lowest BCUT2D eigenvalue weighted by molar-refractivity contribution is -0.116. The average Bonchev–Trinajstić information content (AvgIpc) is 2.68. The molecule has 1 atom stereocenters. The maximum atomic E-state index is 12.9. The second kappa shape index (κ2) is 9.51. The fraction of sp³-hybridized carbons (Fsp3) is 0.350. The Hall–Kier alpha value is -2.94. The highest BCUT2D eigenvalue weighted by Gasteiger charge is 2.29. The molecule has 0 heterocycles. The van der Waals surface area contributed by atoms with E-state index in [0.29, 0.717) is 35.2 Å². The number of amides is 1. The monoisotopic (exact) mass is 422 g/mol. The minimum atomic E-state index is -3.73. The Labute approximate surface area is 171 Å². The van der Waals surface area contributed by atoms with Gasteiger partial charge in [0.15, 0.2) is 0 Å². The second-order valence-electron chi connectivity index (χ2n) is 6.22. The number of carbonyl (C=O) groups excluding carboxylic acids is 1. The summed E-state index contributed by atoms with van der Waals surface area (Å²) in [5, 5.41) is 2.72. The molecule has 1 amide bonds. The lowest BCUT2D eigenvalue weighted by atomic mass is 10.2. The van der Waals surface area contributed by atoms with Crippen molar-refractivity contribution in [1.82, 2.24) is 0 Å². The normalized spacial score (nSPS) is 12.0. The molecule has 0 radical (unpaired) electrons. The third-order valence-electron chi connectivity index (χ3n) is 4.16. The molecule has 0 aliphatic heterocycles. The van der Waals surface area contributed by atoms with Crippen LogP contribution in [0.1, 0.15) is 13.8 Å². The van der Waals surface area contributed by atoms with Crippen molar-refractivity contribution in [2.24, 2.45) is 0 Å². The van der Waals surface area contributed by atoms with Gasteiger partial charge in [-0.05, 0) is 50.2 Å². The molecule has 0 bridgehead atoms. The molecule has 0 aromatic heterocycles. The highest BCUT2D eigenvalue weighted by molar-refractivity contribution is 7.92. The first kappa shape index (κ1) is 22.4. The van der Waals surface area contributed by atoms with Gasteiger partial charge in [0.1, 0.15) is 23.3 Å². The summed E-state index contributed by atoms with van der Waals surface area (Å²) in [6.45, 7) is 3.87. The van der Waals surface area contributed by atoms with Crippen LogP contribution in [0.4, 0.5) is 11.4 Å². The summed E-state index contributed by atoms with van der Waals surface area (Å²) in [6.07, 6.45) is 1.05. The van der Waals surface area contributed by atoms with E-state index < -0.39 is 22.0 Å². The van der Waals surface area contributed by atoms with Crippen LogP contribution in [0.2, 0.25) is 0 Å². The molecular formula is C20H26N2O6S. The topological polar surface area (TPSA) is 94.2 Å². The van der Waals surface area contributed by atoms with Crippen molar-refractivity contribution >= 4 is 27.3 Å². The maximum Gasteiger partial charge on any atom is 0.248 e. The Morgan fingerprint density at radius 1 is 1.07 bits per heavy atom. The van der Waals surface area contributed by atoms with Crippen LogP contribution < -0.4 is 23.8 Å². The Kier molecular flexibility index (Phi) is 7.33. The van der Waals surface area contributed by atoms with Gasteiger partial charge in [-0.15, -0.1) is 0 Å². The number of rotatable bonds is 9. The summed E-state index contributed by atoms with van der Waals surface area (Å²) in [7, 11) is -0.749. The molecule has 8 nitrogen and oxygen atoms in total. The van der Waals surface area contributed by atoms with Crippen molar-refractivity contribution in [1.29, 1.82) is 0 Å². The van der Waals surface area contributed by atoms with Gasteiger partial charge in [0.25, 0.3) is 0 Å². The van der Waals surface area contributed by atoms with Crippen molar-refractivity contribution in [3.63, 3.8) is 0 Å². The smallest absolute Gasteiger partial charge is 0.248 e. The SMILES string of the molecule is CCOc1ccc(N(C(C)C(=O)Nc2cc(OC)ccc2OC)S(C)(=O)=O)cc1. The fourth-order valence-corrected chi connectivity index (χ4v) is 3.99. The van der Waals surface area contributed by atoms with Crippen molar-refractivity contribution < 1.29 is 27.4 Å². The average molecular weight is 423 g/mol. The first-order valence-electron chi connectivity index (χ1n) is 8.96. The number of nitrogens with zero attached hydrogens (tertiary/aromatic N) is 1. The number of hydrogen-bond donors (Lipinski definition) is 1. The fourth-order valence-electron chi connectivity index (χ4n) is 2.81. The van der Waals surface area contributed by atoms with Crippen LogP contribution >= 0.6 is 0 Å². The maximum absolute atomic E-state index is 12.9. The van der Waals surface area contributed by atoms with Crippen LogP contribution in [0.25, 0.3) is 0 Å². The third-order valence-corrected chi connectivity index (χ3v) is 5.40. The molecule has 0 aliphatic rings. The van der Waals surface area contributed by atoms with Crippen LogP contribution in [-0.4, -0.2) is 47.4 Å². The molecule has 1 N–H and O–H groups in total. The molecule has 0 fully saturated rings. The lowest BCUT2D eigenvalue weighted by Gasteiger charge is -2.28. The number of hydrogen-bond acceptors (Lipinski definition) is 6. The van der Waals surface area contributed by atoms with Crippen molar-refractivity contribution in [2.45, 2.75) is 19.9 Å². The summed E-state index contributed by atoms with van der Waals surface area (Å²) >= 11 is 0. The predicted octanol–water partition coefficient (Wildman–Crippen LogP) is 2.90. The quantitative estimate of drug-likeness (QED) is 0.668. The summed E-state index contributed by atoms with van der Waals surface area (Å²) in [5.41, 5.74) is 0.736. The van der Waals surface area contributed by atoms with E-state index in [1.165, 1.54) is 21.1 Å². The molecule has 2 rings (SSSR count). The van der Waals surface area contributed by atoms with Gasteiger partial charge in [-0.1, -0.05) is 0 Å². The van der Waals surface area contributed by atoms with Gasteiger partial charge in [0.2, 0.25) is 15.9 Å². The van der Waals surface area contributed by atoms with Gasteiger partial charge in [-0.2, -0.15) is 0 Å². The standard InChI is InChI=1S/C20H26N2O6S/c1-6-28-16-9-7-15(8-10-16)22(29(5,24)25)14(2)20(23)21-18-13-17(26-3)11-12-19(18)27-4/h7-14H,6H2,1-5H3,(H,21,23). The van der Waals surface area contributed by atoms with Crippen molar-refractivity contribution in [2.75, 3.05) is 36.7 Å². The number of sulfonamides is 1. The van der Waals surface area contributed by atoms with Crippen LogP contribution in [0, 0.1) is 0 Å². The van der Waals surface area contributed by atoms with E-state index in [1.54, 1.807) is 42.5 Å². The van der Waals surface area contributed by atoms with Crippen molar-refractivity contribution in [3.8, 4) is 17.2 Å². The van der Waals surface area contributed by atoms with Crippen LogP contribution in [0.15, 0.2) is 42.5 Å². The highest BCUT2D eigenvalue weighted by atomic mass is 32.2. The molecule has 0 aliphatic carbocycles. The van der Waals surface area contributed by atoms with Gasteiger partial charge >= 0.3 is 0 Å². The molecule has 0 saturated carbocycles. The van der Waals surface area contributed by atoms with Gasteiger partial charge in [-0.25, -0.2) is 8.42 Å². The van der Waals surface area contributed by atoms with Gasteiger partial charge in [0.05, 0.1) is 38.5 Å². The Morgan fingerprint density at radius 2 is 1.69 bits per heavy atom. The number of ether oxygens (including phenoxy) is 3. The predicted molar refractivity (Wildman–Crippen MR) is 113 cm³/mol. The van der Waals surface area contributed by atoms with Gasteiger partial charge in [-0.3, -0.25) is 9.10 Å². The van der Waals surface area contributed by atoms with E-state index in [-0.39, 0.29) is 0 Å². The zero-order chi connectivity index (χ0) is 21.6. The summed E-state index contributed by atoms with van der Waals surface area (Å²) in [4.78, 5) is 12.9. The number of benzene rings is 2.